The number of hydrogen-bond donors (Lipinski definition) is 1. The molecule has 0 amide bonds. The second-order valence-corrected chi connectivity index (χ2v) is 5.10. The molecule has 0 saturated carbocycles. The summed E-state index contributed by atoms with van der Waals surface area (Å²) in [6.07, 6.45) is 1.73. The van der Waals surface area contributed by atoms with Gasteiger partial charge in [-0.3, -0.25) is 0 Å². The van der Waals surface area contributed by atoms with E-state index in [0.29, 0.717) is 5.82 Å². The van der Waals surface area contributed by atoms with Gasteiger partial charge in [0.05, 0.1) is 0 Å². The van der Waals surface area contributed by atoms with Crippen molar-refractivity contribution in [2.45, 2.75) is 46.1 Å². The molecule has 0 atom stereocenters. The molecule has 3 heteroatoms. The fourth-order valence-corrected chi connectivity index (χ4v) is 1.23. The predicted octanol–water partition coefficient (Wildman–Crippen LogP) is 3.34. The minimum absolute atomic E-state index is 0.0653. The van der Waals surface area contributed by atoms with E-state index in [-0.39, 0.29) is 17.3 Å². The third kappa shape index (κ3) is 3.18. The van der Waals surface area contributed by atoms with Crippen LogP contribution in [-0.4, -0.2) is 11.0 Å². The summed E-state index contributed by atoms with van der Waals surface area (Å²) in [5.41, 5.74) is 0.846. The van der Waals surface area contributed by atoms with Crippen LogP contribution in [-0.2, 0) is 5.41 Å². The Bertz CT molecular complexity index is 340. The SMILES string of the molecule is CC(C)Nc1ncc(C(C)(C)C)cc1F. The van der Waals surface area contributed by atoms with Crippen molar-refractivity contribution in [2.24, 2.45) is 0 Å². The summed E-state index contributed by atoms with van der Waals surface area (Å²) in [6.45, 7) is 10.0. The first-order valence-corrected chi connectivity index (χ1v) is 5.23. The molecule has 0 aliphatic rings. The minimum atomic E-state index is -0.281. The van der Waals surface area contributed by atoms with Gasteiger partial charge in [0.1, 0.15) is 0 Å². The molecule has 2 nitrogen and oxygen atoms in total. The fourth-order valence-electron chi connectivity index (χ4n) is 1.23. The molecule has 0 unspecified atom stereocenters. The molecule has 84 valence electrons. The molecular formula is C12H19FN2. The number of nitrogens with one attached hydrogen (secondary N) is 1. The molecule has 1 heterocycles. The lowest BCUT2D eigenvalue weighted by Crippen LogP contribution is -2.16. The van der Waals surface area contributed by atoms with Crippen molar-refractivity contribution in [1.29, 1.82) is 0 Å². The maximum Gasteiger partial charge on any atom is 0.165 e. The van der Waals surface area contributed by atoms with E-state index < -0.39 is 0 Å². The number of rotatable bonds is 2. The van der Waals surface area contributed by atoms with Crippen molar-refractivity contribution in [3.8, 4) is 0 Å². The highest BCUT2D eigenvalue weighted by molar-refractivity contribution is 5.39. The van der Waals surface area contributed by atoms with Crippen molar-refractivity contribution in [2.75, 3.05) is 5.32 Å². The molecule has 0 aliphatic heterocycles. The van der Waals surface area contributed by atoms with Crippen LogP contribution in [0.4, 0.5) is 10.2 Å². The Balaban J connectivity index is 2.98. The van der Waals surface area contributed by atoms with Gasteiger partial charge in [0.25, 0.3) is 0 Å². The van der Waals surface area contributed by atoms with Crippen LogP contribution in [0.5, 0.6) is 0 Å². The van der Waals surface area contributed by atoms with Crippen molar-refractivity contribution in [3.05, 3.63) is 23.6 Å². The number of anilines is 1. The Morgan fingerprint density at radius 2 is 1.93 bits per heavy atom. The van der Waals surface area contributed by atoms with E-state index in [1.54, 1.807) is 12.3 Å². The van der Waals surface area contributed by atoms with Crippen LogP contribution in [0.25, 0.3) is 0 Å². The van der Waals surface area contributed by atoms with Crippen LogP contribution < -0.4 is 5.32 Å². The van der Waals surface area contributed by atoms with E-state index in [4.69, 9.17) is 0 Å². The number of pyridine rings is 1. The topological polar surface area (TPSA) is 24.9 Å². The van der Waals surface area contributed by atoms with E-state index in [1.807, 2.05) is 34.6 Å². The van der Waals surface area contributed by atoms with E-state index >= 15 is 0 Å². The lowest BCUT2D eigenvalue weighted by atomic mass is 9.88. The molecule has 0 saturated heterocycles. The zero-order chi connectivity index (χ0) is 11.6. The average molecular weight is 210 g/mol. The molecule has 0 fully saturated rings. The standard InChI is InChI=1S/C12H19FN2/c1-8(2)15-11-10(13)6-9(7-14-11)12(3,4)5/h6-8H,1-5H3,(H,14,15). The van der Waals surface area contributed by atoms with Crippen LogP contribution in [0.2, 0.25) is 0 Å². The number of aromatic nitrogens is 1. The predicted molar refractivity (Wildman–Crippen MR) is 61.7 cm³/mol. The van der Waals surface area contributed by atoms with Gasteiger partial charge in [0.15, 0.2) is 11.6 Å². The maximum absolute atomic E-state index is 13.6. The van der Waals surface area contributed by atoms with Crippen molar-refractivity contribution < 1.29 is 4.39 Å². The Labute approximate surface area is 90.9 Å². The van der Waals surface area contributed by atoms with Gasteiger partial charge >= 0.3 is 0 Å². The molecule has 1 rings (SSSR count). The highest BCUT2D eigenvalue weighted by Crippen LogP contribution is 2.24. The smallest absolute Gasteiger partial charge is 0.165 e. The van der Waals surface area contributed by atoms with Gasteiger partial charge < -0.3 is 5.32 Å². The first-order valence-electron chi connectivity index (χ1n) is 5.23. The Morgan fingerprint density at radius 3 is 2.33 bits per heavy atom. The quantitative estimate of drug-likeness (QED) is 0.809. The molecule has 1 aromatic rings. The molecule has 1 aromatic heterocycles. The first-order chi connectivity index (χ1) is 6.80. The molecule has 0 aromatic carbocycles. The van der Waals surface area contributed by atoms with Crippen LogP contribution in [0.1, 0.15) is 40.2 Å². The second-order valence-electron chi connectivity index (χ2n) is 5.10. The van der Waals surface area contributed by atoms with Crippen molar-refractivity contribution >= 4 is 5.82 Å². The lowest BCUT2D eigenvalue weighted by Gasteiger charge is -2.19. The van der Waals surface area contributed by atoms with Gasteiger partial charge in [-0.15, -0.1) is 0 Å². The maximum atomic E-state index is 13.6. The van der Waals surface area contributed by atoms with Crippen LogP contribution in [0.3, 0.4) is 0 Å². The normalized spacial score (nSPS) is 11.9. The van der Waals surface area contributed by atoms with E-state index in [9.17, 15) is 4.39 Å². The van der Waals surface area contributed by atoms with E-state index in [1.165, 1.54) is 0 Å². The molecule has 0 radical (unpaired) electrons. The highest BCUT2D eigenvalue weighted by atomic mass is 19.1. The summed E-state index contributed by atoms with van der Waals surface area (Å²) in [4.78, 5) is 4.10. The summed E-state index contributed by atoms with van der Waals surface area (Å²) in [7, 11) is 0. The third-order valence-electron chi connectivity index (χ3n) is 2.13. The van der Waals surface area contributed by atoms with Gasteiger partial charge in [-0.25, -0.2) is 9.37 Å². The molecular weight excluding hydrogens is 191 g/mol. The van der Waals surface area contributed by atoms with Crippen LogP contribution in [0.15, 0.2) is 12.3 Å². The Hall–Kier alpha value is -1.12. The molecule has 15 heavy (non-hydrogen) atoms. The molecule has 0 spiro atoms. The summed E-state index contributed by atoms with van der Waals surface area (Å²) in [5, 5.41) is 2.97. The molecule has 1 N–H and O–H groups in total. The van der Waals surface area contributed by atoms with Crippen molar-refractivity contribution in [3.63, 3.8) is 0 Å². The zero-order valence-corrected chi connectivity index (χ0v) is 10.1. The number of nitrogens with zero attached hydrogens (tertiary/aromatic N) is 1. The molecule has 0 bridgehead atoms. The Morgan fingerprint density at radius 1 is 1.33 bits per heavy atom. The van der Waals surface area contributed by atoms with E-state index in [0.717, 1.165) is 5.56 Å². The zero-order valence-electron chi connectivity index (χ0n) is 10.1. The molecule has 0 aliphatic carbocycles. The fraction of sp³-hybridized carbons (Fsp3) is 0.583. The minimum Gasteiger partial charge on any atom is -0.365 e. The first kappa shape index (κ1) is 12.0. The summed E-state index contributed by atoms with van der Waals surface area (Å²) < 4.78 is 13.6. The Kier molecular flexibility index (Phi) is 3.32. The van der Waals surface area contributed by atoms with Gasteiger partial charge in [0.2, 0.25) is 0 Å². The van der Waals surface area contributed by atoms with Crippen LogP contribution >= 0.6 is 0 Å². The summed E-state index contributed by atoms with van der Waals surface area (Å²) in [5.74, 6) is 0.0501. The third-order valence-corrected chi connectivity index (χ3v) is 2.13. The van der Waals surface area contributed by atoms with Crippen LogP contribution in [0, 0.1) is 5.82 Å². The largest absolute Gasteiger partial charge is 0.365 e. The van der Waals surface area contributed by atoms with Gasteiger partial charge in [-0.2, -0.15) is 0 Å². The van der Waals surface area contributed by atoms with Crippen molar-refractivity contribution in [1.82, 2.24) is 4.98 Å². The monoisotopic (exact) mass is 210 g/mol. The summed E-state index contributed by atoms with van der Waals surface area (Å²) >= 11 is 0. The lowest BCUT2D eigenvalue weighted by molar-refractivity contribution is 0.566. The van der Waals surface area contributed by atoms with Gasteiger partial charge in [-0.1, -0.05) is 20.8 Å². The van der Waals surface area contributed by atoms with Gasteiger partial charge in [0, 0.05) is 12.2 Å². The van der Waals surface area contributed by atoms with E-state index in [2.05, 4.69) is 10.3 Å². The average Bonchev–Trinajstić information content (AvgIpc) is 2.05. The second kappa shape index (κ2) is 4.17. The highest BCUT2D eigenvalue weighted by Gasteiger charge is 2.16. The number of halogens is 1. The summed E-state index contributed by atoms with van der Waals surface area (Å²) in [6, 6.07) is 1.74. The van der Waals surface area contributed by atoms with Gasteiger partial charge in [-0.05, 0) is 30.9 Å². The number of hydrogen-bond acceptors (Lipinski definition) is 2.